The van der Waals surface area contributed by atoms with Crippen molar-refractivity contribution in [3.63, 3.8) is 0 Å². The van der Waals surface area contributed by atoms with Crippen molar-refractivity contribution in [3.8, 4) is 0 Å². The van der Waals surface area contributed by atoms with E-state index < -0.39 is 0 Å². The number of pyridine rings is 1. The van der Waals surface area contributed by atoms with Gasteiger partial charge in [0.2, 0.25) is 0 Å². The molecule has 0 amide bonds. The van der Waals surface area contributed by atoms with Gasteiger partial charge in [-0.3, -0.25) is 14.3 Å². The second-order valence-electron chi connectivity index (χ2n) is 7.15. The first-order valence-electron chi connectivity index (χ1n) is 9.26. The fraction of sp³-hybridized carbons (Fsp3) is 0.611. The fourth-order valence-electron chi connectivity index (χ4n) is 3.82. The van der Waals surface area contributed by atoms with Crippen molar-refractivity contribution in [2.45, 2.75) is 50.7 Å². The molecule has 134 valence electrons. The number of rotatable bonds is 5. The van der Waals surface area contributed by atoms with Crippen LogP contribution in [0.4, 0.5) is 0 Å². The van der Waals surface area contributed by atoms with E-state index in [1.54, 1.807) is 0 Å². The maximum atomic E-state index is 4.38. The van der Waals surface area contributed by atoms with Crippen LogP contribution in [0.1, 0.15) is 32.0 Å². The van der Waals surface area contributed by atoms with Crippen LogP contribution in [0.2, 0.25) is 0 Å². The SMILES string of the molecule is CN=C(NCCc1nnc2ccccn12)NC1CC(C)N(C2CC2)C1. The fourth-order valence-corrected chi connectivity index (χ4v) is 3.82. The van der Waals surface area contributed by atoms with Crippen LogP contribution >= 0.6 is 0 Å². The van der Waals surface area contributed by atoms with Crippen LogP contribution < -0.4 is 10.6 Å². The largest absolute Gasteiger partial charge is 0.356 e. The summed E-state index contributed by atoms with van der Waals surface area (Å²) in [6, 6.07) is 7.93. The van der Waals surface area contributed by atoms with Crippen LogP contribution in [0.25, 0.3) is 5.65 Å². The molecule has 2 atom stereocenters. The molecule has 2 aromatic rings. The minimum atomic E-state index is 0.482. The molecule has 0 aromatic carbocycles. The number of guanidine groups is 1. The Morgan fingerprint density at radius 3 is 3.00 bits per heavy atom. The molecule has 2 N–H and O–H groups in total. The van der Waals surface area contributed by atoms with Gasteiger partial charge in [0.05, 0.1) is 0 Å². The standard InChI is InChI=1S/C18H27N7/c1-13-11-14(12-25(13)15-6-7-15)21-18(19-2)20-9-8-17-23-22-16-5-3-4-10-24(16)17/h3-5,10,13-15H,6-9,11-12H2,1-2H3,(H2,19,20,21). The summed E-state index contributed by atoms with van der Waals surface area (Å²) in [6.07, 6.45) is 6.74. The number of nitrogens with one attached hydrogen (secondary N) is 2. The molecule has 1 aliphatic carbocycles. The van der Waals surface area contributed by atoms with E-state index in [0.29, 0.717) is 12.1 Å². The Hall–Kier alpha value is -2.15. The van der Waals surface area contributed by atoms with Gasteiger partial charge in [0, 0.05) is 50.9 Å². The van der Waals surface area contributed by atoms with E-state index in [9.17, 15) is 0 Å². The first-order valence-corrected chi connectivity index (χ1v) is 9.26. The summed E-state index contributed by atoms with van der Waals surface area (Å²) in [7, 11) is 1.83. The molecular weight excluding hydrogens is 314 g/mol. The highest BCUT2D eigenvalue weighted by Crippen LogP contribution is 2.33. The minimum Gasteiger partial charge on any atom is -0.356 e. The highest BCUT2D eigenvalue weighted by atomic mass is 15.3. The zero-order valence-corrected chi connectivity index (χ0v) is 15.0. The van der Waals surface area contributed by atoms with Crippen LogP contribution in [0.15, 0.2) is 29.4 Å². The van der Waals surface area contributed by atoms with Crippen molar-refractivity contribution in [1.82, 2.24) is 30.1 Å². The van der Waals surface area contributed by atoms with Crippen molar-refractivity contribution in [2.24, 2.45) is 4.99 Å². The van der Waals surface area contributed by atoms with E-state index in [4.69, 9.17) is 0 Å². The first kappa shape index (κ1) is 16.3. The number of likely N-dealkylation sites (tertiary alicyclic amines) is 1. The van der Waals surface area contributed by atoms with E-state index in [0.717, 1.165) is 43.0 Å². The monoisotopic (exact) mass is 341 g/mol. The molecule has 1 saturated carbocycles. The number of aliphatic imine (C=N–C) groups is 1. The van der Waals surface area contributed by atoms with Gasteiger partial charge in [-0.25, -0.2) is 0 Å². The Kier molecular flexibility index (Phi) is 4.57. The predicted molar refractivity (Wildman–Crippen MR) is 98.8 cm³/mol. The molecule has 7 nitrogen and oxygen atoms in total. The molecule has 0 radical (unpaired) electrons. The lowest BCUT2D eigenvalue weighted by Gasteiger charge is -2.20. The molecule has 2 aliphatic rings. The lowest BCUT2D eigenvalue weighted by Crippen LogP contribution is -2.45. The van der Waals surface area contributed by atoms with Crippen LogP contribution in [0.3, 0.4) is 0 Å². The maximum Gasteiger partial charge on any atom is 0.191 e. The van der Waals surface area contributed by atoms with Crippen molar-refractivity contribution in [1.29, 1.82) is 0 Å². The third-order valence-corrected chi connectivity index (χ3v) is 5.23. The van der Waals surface area contributed by atoms with Crippen LogP contribution in [0.5, 0.6) is 0 Å². The van der Waals surface area contributed by atoms with E-state index >= 15 is 0 Å². The Bertz CT molecular complexity index is 749. The molecular formula is C18H27N7. The Labute approximate surface area is 148 Å². The van der Waals surface area contributed by atoms with Crippen molar-refractivity contribution >= 4 is 11.6 Å². The van der Waals surface area contributed by atoms with Crippen LogP contribution in [-0.2, 0) is 6.42 Å². The van der Waals surface area contributed by atoms with E-state index in [1.807, 2.05) is 35.8 Å². The second-order valence-corrected chi connectivity index (χ2v) is 7.15. The highest BCUT2D eigenvalue weighted by Gasteiger charge is 2.38. The van der Waals surface area contributed by atoms with E-state index in [2.05, 4.69) is 37.6 Å². The van der Waals surface area contributed by atoms with Crippen molar-refractivity contribution in [3.05, 3.63) is 30.2 Å². The third-order valence-electron chi connectivity index (χ3n) is 5.23. The Balaban J connectivity index is 1.28. The van der Waals surface area contributed by atoms with Gasteiger partial charge < -0.3 is 10.6 Å². The van der Waals surface area contributed by atoms with Crippen molar-refractivity contribution in [2.75, 3.05) is 20.1 Å². The molecule has 2 unspecified atom stereocenters. The molecule has 2 aromatic heterocycles. The molecule has 7 heteroatoms. The molecule has 0 spiro atoms. The van der Waals surface area contributed by atoms with E-state index in [1.165, 1.54) is 19.3 Å². The number of hydrogen-bond acceptors (Lipinski definition) is 4. The van der Waals surface area contributed by atoms with Gasteiger partial charge >= 0.3 is 0 Å². The molecule has 2 fully saturated rings. The number of fused-ring (bicyclic) bond motifs is 1. The quantitative estimate of drug-likeness (QED) is 0.629. The topological polar surface area (TPSA) is 69.8 Å². The number of aromatic nitrogens is 3. The molecule has 3 heterocycles. The maximum absolute atomic E-state index is 4.38. The molecule has 25 heavy (non-hydrogen) atoms. The van der Waals surface area contributed by atoms with Gasteiger partial charge in [-0.05, 0) is 38.3 Å². The van der Waals surface area contributed by atoms with Gasteiger partial charge in [0.15, 0.2) is 11.6 Å². The normalized spacial score (nSPS) is 24.8. The van der Waals surface area contributed by atoms with Gasteiger partial charge in [-0.15, -0.1) is 10.2 Å². The smallest absolute Gasteiger partial charge is 0.191 e. The van der Waals surface area contributed by atoms with Crippen molar-refractivity contribution < 1.29 is 0 Å². The Morgan fingerprint density at radius 2 is 2.20 bits per heavy atom. The van der Waals surface area contributed by atoms with Crippen LogP contribution in [0, 0.1) is 0 Å². The molecule has 0 bridgehead atoms. The summed E-state index contributed by atoms with van der Waals surface area (Å²) in [5.41, 5.74) is 0.889. The summed E-state index contributed by atoms with van der Waals surface area (Å²) >= 11 is 0. The molecule has 4 rings (SSSR count). The van der Waals surface area contributed by atoms with Gasteiger partial charge in [-0.2, -0.15) is 0 Å². The summed E-state index contributed by atoms with van der Waals surface area (Å²) < 4.78 is 2.03. The second kappa shape index (κ2) is 7.00. The summed E-state index contributed by atoms with van der Waals surface area (Å²) in [5.74, 6) is 1.84. The number of nitrogens with zero attached hydrogens (tertiary/aromatic N) is 5. The zero-order chi connectivity index (χ0) is 17.2. The lowest BCUT2D eigenvalue weighted by molar-refractivity contribution is 0.256. The summed E-state index contributed by atoms with van der Waals surface area (Å²) in [4.78, 5) is 7.02. The average molecular weight is 341 g/mol. The van der Waals surface area contributed by atoms with Crippen LogP contribution in [-0.4, -0.2) is 63.7 Å². The highest BCUT2D eigenvalue weighted by molar-refractivity contribution is 5.80. The molecule has 1 saturated heterocycles. The summed E-state index contributed by atoms with van der Waals surface area (Å²) in [6.45, 7) is 4.25. The third kappa shape index (κ3) is 3.61. The Morgan fingerprint density at radius 1 is 1.32 bits per heavy atom. The predicted octanol–water partition coefficient (Wildman–Crippen LogP) is 1.06. The lowest BCUT2D eigenvalue weighted by atomic mass is 10.2. The van der Waals surface area contributed by atoms with Gasteiger partial charge in [0.1, 0.15) is 5.82 Å². The number of hydrogen-bond donors (Lipinski definition) is 2. The first-order chi connectivity index (χ1) is 12.2. The summed E-state index contributed by atoms with van der Waals surface area (Å²) in [5, 5.41) is 15.5. The zero-order valence-electron chi connectivity index (χ0n) is 15.0. The molecule has 1 aliphatic heterocycles. The van der Waals surface area contributed by atoms with E-state index in [-0.39, 0.29) is 0 Å². The van der Waals surface area contributed by atoms with Gasteiger partial charge in [-0.1, -0.05) is 6.07 Å². The minimum absolute atomic E-state index is 0.482. The van der Waals surface area contributed by atoms with Gasteiger partial charge in [0.25, 0.3) is 0 Å². The average Bonchev–Trinajstić information content (AvgIpc) is 3.29.